The number of amides is 3. The molecule has 0 radical (unpaired) electrons. The van der Waals surface area contributed by atoms with Gasteiger partial charge in [-0.1, -0.05) is 56.2 Å². The first kappa shape index (κ1) is 44.1. The molecule has 0 aliphatic carbocycles. The van der Waals surface area contributed by atoms with Gasteiger partial charge >= 0.3 is 18.2 Å². The summed E-state index contributed by atoms with van der Waals surface area (Å²) in [5.74, 6) is -2.66. The van der Waals surface area contributed by atoms with E-state index in [1.54, 1.807) is 58.1 Å². The van der Waals surface area contributed by atoms with Crippen LogP contribution in [0.3, 0.4) is 0 Å². The van der Waals surface area contributed by atoms with Gasteiger partial charge in [-0.3, -0.25) is 19.8 Å². The summed E-state index contributed by atoms with van der Waals surface area (Å²) in [6, 6.07) is 3.18. The van der Waals surface area contributed by atoms with Crippen molar-refractivity contribution in [2.75, 3.05) is 25.7 Å². The molecule has 7 N–H and O–H groups in total. The Balaban J connectivity index is 1.69. The number of benzene rings is 1. The molecule has 12 atom stereocenters. The number of carbonyl (C=O) groups excluding carboxylic acids is 4. The molecule has 5 rings (SSSR count). The second-order valence-corrected chi connectivity index (χ2v) is 15.7. The van der Waals surface area contributed by atoms with Crippen molar-refractivity contribution in [3.8, 4) is 5.75 Å². The molecule has 3 fully saturated rings. The zero-order valence-corrected chi connectivity index (χ0v) is 33.5. The SMILES string of the molecule is COc1cc2cc(c1Cl)N([C@@H]1O[C@H](CO)[C@@H](OC(N)=O)[C@H](O)[C@H]1O)C(=O)C[C@H](OC(=O)C(C)C)[C@]1(C)O[C@H]1[C@H](C)[C@@H]1C[C@@](O)(NC(=O)O1)[C@H](OC)C=CC=C(C)C2. The van der Waals surface area contributed by atoms with Crippen LogP contribution in [0, 0.1) is 11.8 Å². The zero-order chi connectivity index (χ0) is 42.1. The molecule has 1 aromatic carbocycles. The maximum atomic E-state index is 15.0. The number of nitrogens with zero attached hydrogens (tertiary/aromatic N) is 1. The Morgan fingerprint density at radius 2 is 1.86 bits per heavy atom. The number of anilines is 1. The number of aliphatic hydroxyl groups is 4. The van der Waals surface area contributed by atoms with E-state index in [2.05, 4.69) is 5.32 Å². The fraction of sp³-hybridized carbons (Fsp3) is 0.632. The normalized spacial score (nSPS) is 36.0. The quantitative estimate of drug-likeness (QED) is 0.130. The average Bonchev–Trinajstić information content (AvgIpc) is 3.84. The lowest BCUT2D eigenvalue weighted by atomic mass is 9.83. The standard InChI is InChI=1S/C38H52ClN3O15/c1-17(2)34(47)55-26-14-27(44)42(33-30(46)29(45)31(56-35(40)48)24(16-43)53-33)21-12-20(13-22(51-6)28(21)39)11-18(3)9-8-10-25(52-7)38(50)15-23(54-36(49)41-38)19(4)32-37(26,5)57-32/h8-10,12-13,17,19,23-26,29-33,43,45-46,50H,11,14-16H2,1-7H3,(H2,40,48)(H,41,49)/t19-,23+,24-,25-,26+,29-,30-,31-,32+,33-,37+,38+/m1/s1. The minimum atomic E-state index is -1.99. The number of alkyl carbamates (subject to hydrolysis) is 1. The molecule has 0 aromatic heterocycles. The predicted octanol–water partition coefficient (Wildman–Crippen LogP) is 1.60. The van der Waals surface area contributed by atoms with Crippen LogP contribution in [-0.4, -0.2) is 132 Å². The molecule has 4 bridgehead atoms. The molecule has 316 valence electrons. The monoisotopic (exact) mass is 825 g/mol. The number of hydrogen-bond donors (Lipinski definition) is 6. The van der Waals surface area contributed by atoms with Crippen LogP contribution in [0.5, 0.6) is 5.75 Å². The van der Waals surface area contributed by atoms with Gasteiger partial charge in [-0.25, -0.2) is 9.59 Å². The predicted molar refractivity (Wildman–Crippen MR) is 200 cm³/mol. The Kier molecular flexibility index (Phi) is 13.5. The van der Waals surface area contributed by atoms with E-state index in [1.807, 2.05) is 6.92 Å². The van der Waals surface area contributed by atoms with E-state index in [-0.39, 0.29) is 29.3 Å². The molecule has 3 amide bonds. The van der Waals surface area contributed by atoms with Crippen molar-refractivity contribution in [3.05, 3.63) is 46.5 Å². The molecule has 4 aliphatic rings. The number of ether oxygens (including phenoxy) is 7. The van der Waals surface area contributed by atoms with Crippen molar-refractivity contribution >= 4 is 41.4 Å². The van der Waals surface area contributed by atoms with Gasteiger partial charge in [-0.15, -0.1) is 0 Å². The summed E-state index contributed by atoms with van der Waals surface area (Å²) in [6.07, 6.45) is -10.6. The highest BCUT2D eigenvalue weighted by Gasteiger charge is 2.65. The fourth-order valence-electron chi connectivity index (χ4n) is 7.61. The highest BCUT2D eigenvalue weighted by Crippen LogP contribution is 2.49. The second-order valence-electron chi connectivity index (χ2n) is 15.3. The van der Waals surface area contributed by atoms with Crippen LogP contribution in [-0.2, 0) is 44.4 Å². The van der Waals surface area contributed by atoms with Crippen LogP contribution in [0.2, 0.25) is 5.02 Å². The van der Waals surface area contributed by atoms with E-state index in [1.165, 1.54) is 14.2 Å². The number of nitrogens with two attached hydrogens (primary N) is 1. The Bertz CT molecular complexity index is 1760. The van der Waals surface area contributed by atoms with Gasteiger partial charge in [0.05, 0.1) is 37.8 Å². The number of primary amides is 1. The maximum absolute atomic E-state index is 15.0. The van der Waals surface area contributed by atoms with Crippen molar-refractivity contribution < 1.29 is 72.8 Å². The van der Waals surface area contributed by atoms with Gasteiger partial charge in [0.2, 0.25) is 5.91 Å². The molecule has 4 heterocycles. The number of aliphatic hydroxyl groups excluding tert-OH is 3. The third-order valence-electron chi connectivity index (χ3n) is 10.8. The number of allylic oxidation sites excluding steroid dienone is 3. The lowest BCUT2D eigenvalue weighted by Gasteiger charge is -2.45. The van der Waals surface area contributed by atoms with Gasteiger partial charge in [0, 0.05) is 19.4 Å². The molecule has 57 heavy (non-hydrogen) atoms. The molecule has 1 aromatic rings. The Morgan fingerprint density at radius 3 is 2.47 bits per heavy atom. The third kappa shape index (κ3) is 9.18. The minimum absolute atomic E-state index is 0.0475. The summed E-state index contributed by atoms with van der Waals surface area (Å²) in [5, 5.41) is 47.2. The molecule has 19 heteroatoms. The van der Waals surface area contributed by atoms with E-state index in [9.17, 15) is 39.6 Å². The van der Waals surface area contributed by atoms with Crippen molar-refractivity contribution in [1.29, 1.82) is 0 Å². The first-order valence-corrected chi connectivity index (χ1v) is 18.9. The Hall–Kier alpha value is -4.01. The van der Waals surface area contributed by atoms with Gasteiger partial charge in [-0.05, 0) is 38.0 Å². The third-order valence-corrected chi connectivity index (χ3v) is 11.2. The first-order valence-electron chi connectivity index (χ1n) is 18.5. The number of epoxide rings is 1. The number of halogens is 1. The van der Waals surface area contributed by atoms with Gasteiger partial charge in [-0.2, -0.15) is 0 Å². The number of rotatable bonds is 7. The second kappa shape index (κ2) is 17.5. The molecular weight excluding hydrogens is 774 g/mol. The van der Waals surface area contributed by atoms with Crippen LogP contribution in [0.25, 0.3) is 0 Å². The Labute approximate surface area is 334 Å². The van der Waals surface area contributed by atoms with Crippen LogP contribution in [0.4, 0.5) is 15.3 Å². The van der Waals surface area contributed by atoms with Gasteiger partial charge in [0.15, 0.2) is 18.1 Å². The van der Waals surface area contributed by atoms with E-state index in [4.69, 9.17) is 50.5 Å². The molecule has 18 nitrogen and oxygen atoms in total. The van der Waals surface area contributed by atoms with Crippen LogP contribution in [0.15, 0.2) is 35.9 Å². The number of fused-ring (bicyclic) bond motifs is 5. The van der Waals surface area contributed by atoms with E-state index >= 15 is 0 Å². The first-order chi connectivity index (χ1) is 26.8. The fourth-order valence-corrected chi connectivity index (χ4v) is 7.89. The topological polar surface area (TPSA) is 258 Å². The van der Waals surface area contributed by atoms with Crippen molar-refractivity contribution in [3.63, 3.8) is 0 Å². The van der Waals surface area contributed by atoms with E-state index in [0.29, 0.717) is 5.56 Å². The molecular formula is C38H52ClN3O15. The van der Waals surface area contributed by atoms with E-state index < -0.39 is 115 Å². The number of nitrogens with one attached hydrogen (secondary N) is 1. The summed E-state index contributed by atoms with van der Waals surface area (Å²) >= 11 is 6.92. The molecule has 3 saturated heterocycles. The highest BCUT2D eigenvalue weighted by atomic mass is 35.5. The lowest BCUT2D eigenvalue weighted by molar-refractivity contribution is -0.227. The van der Waals surface area contributed by atoms with Crippen LogP contribution >= 0.6 is 11.6 Å². The molecule has 0 saturated carbocycles. The van der Waals surface area contributed by atoms with Crippen LogP contribution in [0.1, 0.15) is 53.0 Å². The molecule has 4 aliphatic heterocycles. The maximum Gasteiger partial charge on any atom is 0.409 e. The van der Waals surface area contributed by atoms with Crippen LogP contribution < -0.4 is 20.7 Å². The minimum Gasteiger partial charge on any atom is -0.495 e. The summed E-state index contributed by atoms with van der Waals surface area (Å²) in [6.45, 7) is 7.54. The molecule has 0 spiro atoms. The largest absolute Gasteiger partial charge is 0.495 e. The summed E-state index contributed by atoms with van der Waals surface area (Å²) in [7, 11) is 2.75. The Morgan fingerprint density at radius 1 is 1.16 bits per heavy atom. The summed E-state index contributed by atoms with van der Waals surface area (Å²) < 4.78 is 40.0. The van der Waals surface area contributed by atoms with Crippen molar-refractivity contribution in [2.45, 2.75) is 120 Å². The smallest absolute Gasteiger partial charge is 0.409 e. The highest BCUT2D eigenvalue weighted by molar-refractivity contribution is 6.35. The van der Waals surface area contributed by atoms with Crippen molar-refractivity contribution in [1.82, 2.24) is 5.32 Å². The zero-order valence-electron chi connectivity index (χ0n) is 32.7. The van der Waals surface area contributed by atoms with Crippen molar-refractivity contribution in [2.24, 2.45) is 17.6 Å². The van der Waals surface area contributed by atoms with Gasteiger partial charge < -0.3 is 59.3 Å². The van der Waals surface area contributed by atoms with Gasteiger partial charge in [0.25, 0.3) is 0 Å². The van der Waals surface area contributed by atoms with E-state index in [0.717, 1.165) is 10.5 Å². The average molecular weight is 826 g/mol. The summed E-state index contributed by atoms with van der Waals surface area (Å²) in [5.41, 5.74) is 3.21. The lowest BCUT2D eigenvalue weighted by Crippen LogP contribution is -2.65. The molecule has 0 unspecified atom stereocenters. The number of esters is 1. The number of carbonyl (C=O) groups is 4. The summed E-state index contributed by atoms with van der Waals surface area (Å²) in [4.78, 5) is 53.7. The number of hydrogen-bond acceptors (Lipinski definition) is 15. The number of methoxy groups -OCH3 is 2. The van der Waals surface area contributed by atoms with Gasteiger partial charge in [0.1, 0.15) is 53.0 Å².